The number of hydrogen-bond donors (Lipinski definition) is 2. The fourth-order valence-electron chi connectivity index (χ4n) is 3.55. The molecule has 0 aliphatic heterocycles. The van der Waals surface area contributed by atoms with Crippen LogP contribution in [0.3, 0.4) is 0 Å². The zero-order valence-corrected chi connectivity index (χ0v) is 19.3. The van der Waals surface area contributed by atoms with Crippen LogP contribution < -0.4 is 10.0 Å². The predicted octanol–water partition coefficient (Wildman–Crippen LogP) is 5.01. The first-order chi connectivity index (χ1) is 16.4. The molecule has 0 saturated heterocycles. The van der Waals surface area contributed by atoms with Crippen molar-refractivity contribution in [3.63, 3.8) is 0 Å². The lowest BCUT2D eigenvalue weighted by molar-refractivity contribution is 0.102. The van der Waals surface area contributed by atoms with Gasteiger partial charge in [0.2, 0.25) is 15.9 Å². The molecule has 5 rings (SSSR count). The van der Waals surface area contributed by atoms with Crippen molar-refractivity contribution in [2.75, 3.05) is 5.32 Å². The summed E-state index contributed by atoms with van der Waals surface area (Å²) < 4.78 is 33.7. The van der Waals surface area contributed by atoms with E-state index < -0.39 is 15.9 Å². The van der Waals surface area contributed by atoms with Gasteiger partial charge in [-0.25, -0.2) is 18.1 Å². The number of carbonyl (C=O) groups excluding carboxylic acids is 1. The number of aromatic nitrogens is 1. The zero-order chi connectivity index (χ0) is 23.7. The molecule has 4 aromatic rings. The molecular weight excluding hydrogens is 450 g/mol. The molecule has 3 aromatic carbocycles. The molecule has 0 atom stereocenters. The maximum atomic E-state index is 13.1. The van der Waals surface area contributed by atoms with Gasteiger partial charge < -0.3 is 9.73 Å². The Kier molecular flexibility index (Phi) is 5.77. The van der Waals surface area contributed by atoms with Gasteiger partial charge >= 0.3 is 0 Å². The van der Waals surface area contributed by atoms with Crippen molar-refractivity contribution in [1.82, 2.24) is 9.71 Å². The molecular formula is C26H23N3O4S. The Morgan fingerprint density at radius 3 is 2.53 bits per heavy atom. The summed E-state index contributed by atoms with van der Waals surface area (Å²) in [6, 6.07) is 21.1. The first kappa shape index (κ1) is 22.1. The van der Waals surface area contributed by atoms with Crippen molar-refractivity contribution in [3.05, 3.63) is 90.1 Å². The van der Waals surface area contributed by atoms with Gasteiger partial charge in [-0.1, -0.05) is 48.0 Å². The van der Waals surface area contributed by atoms with E-state index in [9.17, 15) is 13.2 Å². The smallest absolute Gasteiger partial charge is 0.256 e. The van der Waals surface area contributed by atoms with E-state index in [0.717, 1.165) is 24.0 Å². The Balaban J connectivity index is 1.39. The van der Waals surface area contributed by atoms with Gasteiger partial charge in [0.25, 0.3) is 5.91 Å². The Morgan fingerprint density at radius 1 is 1.00 bits per heavy atom. The summed E-state index contributed by atoms with van der Waals surface area (Å²) in [5, 5.41) is 2.79. The monoisotopic (exact) mass is 473 g/mol. The van der Waals surface area contributed by atoms with Crippen LogP contribution in [0.4, 0.5) is 5.69 Å². The SMILES string of the molecule is Cc1ccc(-c2cnc(-c3ccccc3C(=O)Nc3cccc(S(=O)(=O)NC4CC4)c3)o2)cc1. The van der Waals surface area contributed by atoms with E-state index in [4.69, 9.17) is 4.42 Å². The third-order valence-corrected chi connectivity index (χ3v) is 7.06. The van der Waals surface area contributed by atoms with E-state index in [1.165, 1.54) is 12.1 Å². The number of amides is 1. The van der Waals surface area contributed by atoms with Gasteiger partial charge in [-0.3, -0.25) is 4.79 Å². The number of nitrogens with zero attached hydrogens (tertiary/aromatic N) is 1. The van der Waals surface area contributed by atoms with E-state index in [1.54, 1.807) is 42.6 Å². The van der Waals surface area contributed by atoms with Crippen LogP contribution in [0.1, 0.15) is 28.8 Å². The number of carbonyl (C=O) groups is 1. The number of benzene rings is 3. The van der Waals surface area contributed by atoms with E-state index in [1.807, 2.05) is 31.2 Å². The summed E-state index contributed by atoms with van der Waals surface area (Å²) in [7, 11) is -3.62. The van der Waals surface area contributed by atoms with Crippen molar-refractivity contribution in [1.29, 1.82) is 0 Å². The number of nitrogens with one attached hydrogen (secondary N) is 2. The highest BCUT2D eigenvalue weighted by molar-refractivity contribution is 7.89. The van der Waals surface area contributed by atoms with Crippen LogP contribution in [-0.2, 0) is 10.0 Å². The van der Waals surface area contributed by atoms with Crippen LogP contribution in [0.25, 0.3) is 22.8 Å². The molecule has 2 N–H and O–H groups in total. The van der Waals surface area contributed by atoms with Crippen LogP contribution in [0.15, 0.2) is 88.3 Å². The summed E-state index contributed by atoms with van der Waals surface area (Å²) in [4.78, 5) is 17.6. The van der Waals surface area contributed by atoms with Gasteiger partial charge in [0.05, 0.1) is 16.7 Å². The van der Waals surface area contributed by atoms with Gasteiger partial charge in [-0.05, 0) is 50.1 Å². The van der Waals surface area contributed by atoms with Gasteiger partial charge in [-0.15, -0.1) is 0 Å². The second-order valence-corrected chi connectivity index (χ2v) is 10.0. The number of aryl methyl sites for hydroxylation is 1. The number of oxazole rings is 1. The van der Waals surface area contributed by atoms with Crippen molar-refractivity contribution >= 4 is 21.6 Å². The quantitative estimate of drug-likeness (QED) is 0.393. The predicted molar refractivity (Wildman–Crippen MR) is 130 cm³/mol. The molecule has 1 aromatic heterocycles. The molecule has 1 fully saturated rings. The van der Waals surface area contributed by atoms with Crippen molar-refractivity contribution in [2.24, 2.45) is 0 Å². The maximum absolute atomic E-state index is 13.1. The van der Waals surface area contributed by atoms with Crippen LogP contribution in [0.2, 0.25) is 0 Å². The summed E-state index contributed by atoms with van der Waals surface area (Å²) in [6.45, 7) is 2.01. The minimum atomic E-state index is -3.62. The molecule has 0 radical (unpaired) electrons. The summed E-state index contributed by atoms with van der Waals surface area (Å²) in [6.07, 6.45) is 3.33. The third kappa shape index (κ3) is 4.78. The molecule has 1 saturated carbocycles. The first-order valence-corrected chi connectivity index (χ1v) is 12.4. The van der Waals surface area contributed by atoms with Gasteiger partial charge in [0, 0.05) is 22.9 Å². The molecule has 1 amide bonds. The average Bonchev–Trinajstić information content (AvgIpc) is 3.50. The van der Waals surface area contributed by atoms with E-state index in [-0.39, 0.29) is 10.9 Å². The van der Waals surface area contributed by atoms with Crippen LogP contribution >= 0.6 is 0 Å². The van der Waals surface area contributed by atoms with Crippen LogP contribution in [0.5, 0.6) is 0 Å². The van der Waals surface area contributed by atoms with E-state index in [2.05, 4.69) is 15.0 Å². The Bertz CT molecular complexity index is 1460. The Hall–Kier alpha value is -3.75. The first-order valence-electron chi connectivity index (χ1n) is 10.9. The number of rotatable bonds is 7. The van der Waals surface area contributed by atoms with Gasteiger partial charge in [0.1, 0.15) is 0 Å². The second kappa shape index (κ2) is 8.89. The average molecular weight is 474 g/mol. The highest BCUT2D eigenvalue weighted by atomic mass is 32.2. The highest BCUT2D eigenvalue weighted by Gasteiger charge is 2.28. The molecule has 1 aliphatic carbocycles. The molecule has 1 aliphatic rings. The molecule has 172 valence electrons. The minimum absolute atomic E-state index is 0.000667. The largest absolute Gasteiger partial charge is 0.436 e. The molecule has 7 nitrogen and oxygen atoms in total. The van der Waals surface area contributed by atoms with Crippen molar-refractivity contribution in [3.8, 4) is 22.8 Å². The molecule has 0 unspecified atom stereocenters. The minimum Gasteiger partial charge on any atom is -0.436 e. The Morgan fingerprint density at radius 2 is 1.76 bits per heavy atom. The standard InChI is InChI=1S/C26H23N3O4S/c1-17-9-11-18(12-10-17)24-16-27-26(33-24)23-8-3-2-7-22(23)25(30)28-20-5-4-6-21(15-20)34(31,32)29-19-13-14-19/h2-12,15-16,19,29H,13-14H2,1H3,(H,28,30). The summed E-state index contributed by atoms with van der Waals surface area (Å²) in [5.74, 6) is 0.535. The van der Waals surface area contributed by atoms with E-state index >= 15 is 0 Å². The summed E-state index contributed by atoms with van der Waals surface area (Å²) in [5.41, 5.74) is 3.32. The van der Waals surface area contributed by atoms with Gasteiger partial charge in [0.15, 0.2) is 5.76 Å². The second-order valence-electron chi connectivity index (χ2n) is 8.32. The fraction of sp³-hybridized carbons (Fsp3) is 0.154. The lowest BCUT2D eigenvalue weighted by Gasteiger charge is -2.10. The lowest BCUT2D eigenvalue weighted by atomic mass is 10.1. The lowest BCUT2D eigenvalue weighted by Crippen LogP contribution is -2.25. The normalized spacial score (nSPS) is 13.6. The topological polar surface area (TPSA) is 101 Å². The maximum Gasteiger partial charge on any atom is 0.256 e. The van der Waals surface area contributed by atoms with Gasteiger partial charge in [-0.2, -0.15) is 0 Å². The van der Waals surface area contributed by atoms with E-state index in [0.29, 0.717) is 28.5 Å². The number of hydrogen-bond acceptors (Lipinski definition) is 5. The third-order valence-electron chi connectivity index (χ3n) is 5.55. The van der Waals surface area contributed by atoms with Crippen LogP contribution in [0, 0.1) is 6.92 Å². The highest BCUT2D eigenvalue weighted by Crippen LogP contribution is 2.29. The Labute approximate surface area is 197 Å². The molecule has 0 bridgehead atoms. The van der Waals surface area contributed by atoms with Crippen molar-refractivity contribution < 1.29 is 17.6 Å². The van der Waals surface area contributed by atoms with Crippen molar-refractivity contribution in [2.45, 2.75) is 30.7 Å². The molecule has 0 spiro atoms. The molecule has 34 heavy (non-hydrogen) atoms. The molecule has 1 heterocycles. The fourth-order valence-corrected chi connectivity index (χ4v) is 4.90. The number of sulfonamides is 1. The zero-order valence-electron chi connectivity index (χ0n) is 18.5. The van der Waals surface area contributed by atoms with Crippen LogP contribution in [-0.4, -0.2) is 25.4 Å². The summed E-state index contributed by atoms with van der Waals surface area (Å²) >= 11 is 0. The number of anilines is 1. The molecule has 8 heteroatoms.